The third kappa shape index (κ3) is 3.44. The molecule has 1 aliphatic rings. The van der Waals surface area contributed by atoms with Crippen molar-refractivity contribution in [3.05, 3.63) is 36.5 Å². The first kappa shape index (κ1) is 9.34. The minimum atomic E-state index is -0.501. The largest absolute Gasteiger partial charge is 0.459 e. The second-order valence-corrected chi connectivity index (χ2v) is 2.44. The van der Waals surface area contributed by atoms with Gasteiger partial charge in [0.1, 0.15) is 0 Å². The van der Waals surface area contributed by atoms with Gasteiger partial charge in [-0.1, -0.05) is 42.4 Å². The van der Waals surface area contributed by atoms with E-state index in [-0.39, 0.29) is 5.92 Å². The highest BCUT2D eigenvalue weighted by molar-refractivity contribution is 5.88. The van der Waals surface area contributed by atoms with Crippen LogP contribution in [0.5, 0.6) is 0 Å². The monoisotopic (exact) mass is 174 g/mol. The van der Waals surface area contributed by atoms with Crippen LogP contribution in [0, 0.1) is 17.8 Å². The number of hydrogen-bond acceptors (Lipinski definition) is 2. The molecule has 0 saturated carbocycles. The van der Waals surface area contributed by atoms with Crippen LogP contribution in [-0.4, -0.2) is 13.1 Å². The van der Waals surface area contributed by atoms with Gasteiger partial charge in [0.15, 0.2) is 0 Å². The molecular weight excluding hydrogens is 164 g/mol. The van der Waals surface area contributed by atoms with Crippen molar-refractivity contribution < 1.29 is 9.53 Å². The van der Waals surface area contributed by atoms with Gasteiger partial charge in [-0.25, -0.2) is 4.79 Å². The van der Waals surface area contributed by atoms with E-state index in [1.54, 1.807) is 0 Å². The highest BCUT2D eigenvalue weighted by Crippen LogP contribution is 2.03. The van der Waals surface area contributed by atoms with Crippen LogP contribution < -0.4 is 0 Å². The highest BCUT2D eigenvalue weighted by Gasteiger charge is 1.96. The number of carbonyl (C=O) groups is 1. The molecule has 0 radical (unpaired) electrons. The van der Waals surface area contributed by atoms with Crippen LogP contribution in [0.15, 0.2) is 36.5 Å². The molecule has 0 bridgehead atoms. The summed E-state index contributed by atoms with van der Waals surface area (Å²) in [5, 5.41) is 0. The summed E-state index contributed by atoms with van der Waals surface area (Å²) in [6.07, 6.45) is 11.5. The molecule has 0 aromatic heterocycles. The molecule has 0 N–H and O–H groups in total. The highest BCUT2D eigenvalue weighted by atomic mass is 16.5. The number of allylic oxidation sites excluding steroid dienone is 6. The summed E-state index contributed by atoms with van der Waals surface area (Å²) in [5.41, 5.74) is 0. The Balaban J connectivity index is 2.62. The molecule has 0 amide bonds. The smallest absolute Gasteiger partial charge is 0.384 e. The van der Waals surface area contributed by atoms with E-state index >= 15 is 0 Å². The van der Waals surface area contributed by atoms with E-state index in [1.807, 2.05) is 36.5 Å². The maximum atomic E-state index is 10.7. The van der Waals surface area contributed by atoms with Crippen molar-refractivity contribution in [2.75, 3.05) is 7.11 Å². The fourth-order valence-corrected chi connectivity index (χ4v) is 0.850. The Hall–Kier alpha value is -1.75. The predicted octanol–water partition coefficient (Wildman–Crippen LogP) is 1.46. The topological polar surface area (TPSA) is 26.3 Å². The molecule has 2 heteroatoms. The van der Waals surface area contributed by atoms with E-state index in [4.69, 9.17) is 0 Å². The molecule has 0 aliphatic heterocycles. The molecule has 0 aromatic rings. The first-order chi connectivity index (χ1) is 6.33. The van der Waals surface area contributed by atoms with Crippen molar-refractivity contribution in [3.63, 3.8) is 0 Å². The minimum absolute atomic E-state index is 0.00546. The van der Waals surface area contributed by atoms with Crippen molar-refractivity contribution in [1.29, 1.82) is 0 Å². The lowest BCUT2D eigenvalue weighted by Crippen LogP contribution is -1.96. The standard InChI is InChI=1S/C11H10O2/c1-13-11(12)9-8-10-6-4-2-3-5-7-10/h2-7,10H,1H3. The Morgan fingerprint density at radius 2 is 1.85 bits per heavy atom. The maximum Gasteiger partial charge on any atom is 0.384 e. The van der Waals surface area contributed by atoms with E-state index < -0.39 is 5.97 Å². The normalized spacial score (nSPS) is 14.5. The van der Waals surface area contributed by atoms with Crippen LogP contribution in [0.25, 0.3) is 0 Å². The van der Waals surface area contributed by atoms with E-state index in [0.29, 0.717) is 0 Å². The zero-order valence-electron chi connectivity index (χ0n) is 7.36. The molecule has 66 valence electrons. The molecule has 1 rings (SSSR count). The summed E-state index contributed by atoms with van der Waals surface area (Å²) >= 11 is 0. The first-order valence-corrected chi connectivity index (χ1v) is 3.94. The van der Waals surface area contributed by atoms with E-state index in [2.05, 4.69) is 16.6 Å². The van der Waals surface area contributed by atoms with Gasteiger partial charge in [0.25, 0.3) is 0 Å². The summed E-state index contributed by atoms with van der Waals surface area (Å²) in [6.45, 7) is 0. The van der Waals surface area contributed by atoms with Crippen molar-refractivity contribution in [1.82, 2.24) is 0 Å². The summed E-state index contributed by atoms with van der Waals surface area (Å²) in [6, 6.07) is 0. The Morgan fingerprint density at radius 3 is 2.38 bits per heavy atom. The number of carbonyl (C=O) groups excluding carboxylic acids is 1. The minimum Gasteiger partial charge on any atom is -0.459 e. The van der Waals surface area contributed by atoms with Gasteiger partial charge in [-0.05, 0) is 0 Å². The lowest BCUT2D eigenvalue weighted by molar-refractivity contribution is -0.133. The van der Waals surface area contributed by atoms with Gasteiger partial charge in [0.2, 0.25) is 0 Å². The molecule has 0 atom stereocenters. The van der Waals surface area contributed by atoms with E-state index in [9.17, 15) is 4.79 Å². The SMILES string of the molecule is COC(=O)C#CC1C=CC=CC=C1. The van der Waals surface area contributed by atoms with Gasteiger partial charge < -0.3 is 4.74 Å². The number of methoxy groups -OCH3 is 1. The molecule has 2 nitrogen and oxygen atoms in total. The third-order valence-electron chi connectivity index (χ3n) is 1.50. The quantitative estimate of drug-likeness (QED) is 0.316. The third-order valence-corrected chi connectivity index (χ3v) is 1.50. The number of ether oxygens (including phenoxy) is 1. The van der Waals surface area contributed by atoms with Gasteiger partial charge in [-0.15, -0.1) is 0 Å². The Kier molecular flexibility index (Phi) is 3.59. The number of hydrogen-bond donors (Lipinski definition) is 0. The van der Waals surface area contributed by atoms with Crippen molar-refractivity contribution >= 4 is 5.97 Å². The lowest BCUT2D eigenvalue weighted by Gasteiger charge is -1.93. The van der Waals surface area contributed by atoms with Crippen molar-refractivity contribution in [2.24, 2.45) is 5.92 Å². The lowest BCUT2D eigenvalue weighted by atomic mass is 10.1. The molecule has 0 spiro atoms. The zero-order valence-corrected chi connectivity index (χ0v) is 7.36. The molecule has 0 heterocycles. The molecule has 0 aromatic carbocycles. The fraction of sp³-hybridized carbons (Fsp3) is 0.182. The van der Waals surface area contributed by atoms with Gasteiger partial charge in [0.05, 0.1) is 13.0 Å². The fourth-order valence-electron chi connectivity index (χ4n) is 0.850. The Bertz CT molecular complexity index is 308. The summed E-state index contributed by atoms with van der Waals surface area (Å²) < 4.78 is 4.40. The van der Waals surface area contributed by atoms with Gasteiger partial charge in [-0.2, -0.15) is 0 Å². The van der Waals surface area contributed by atoms with E-state index in [1.165, 1.54) is 7.11 Å². The van der Waals surface area contributed by atoms with Gasteiger partial charge in [0, 0.05) is 5.92 Å². The Morgan fingerprint density at radius 1 is 1.23 bits per heavy atom. The molecule has 1 aliphatic carbocycles. The average molecular weight is 174 g/mol. The maximum absolute atomic E-state index is 10.7. The van der Waals surface area contributed by atoms with Crippen LogP contribution in [0.1, 0.15) is 0 Å². The molecule has 0 saturated heterocycles. The van der Waals surface area contributed by atoms with Gasteiger partial charge >= 0.3 is 5.97 Å². The molecule has 13 heavy (non-hydrogen) atoms. The number of esters is 1. The summed E-state index contributed by atoms with van der Waals surface area (Å²) in [5.74, 6) is 4.66. The van der Waals surface area contributed by atoms with Crippen molar-refractivity contribution in [3.8, 4) is 11.8 Å². The second-order valence-electron chi connectivity index (χ2n) is 2.44. The predicted molar refractivity (Wildman–Crippen MR) is 50.7 cm³/mol. The first-order valence-electron chi connectivity index (χ1n) is 3.94. The average Bonchev–Trinajstić information content (AvgIpc) is 2.42. The van der Waals surface area contributed by atoms with Crippen LogP contribution in [-0.2, 0) is 9.53 Å². The van der Waals surface area contributed by atoms with Gasteiger partial charge in [-0.3, -0.25) is 0 Å². The molecule has 0 fully saturated rings. The molecular formula is C11H10O2. The van der Waals surface area contributed by atoms with Crippen LogP contribution in [0.3, 0.4) is 0 Å². The zero-order chi connectivity index (χ0) is 9.52. The summed E-state index contributed by atoms with van der Waals surface area (Å²) in [4.78, 5) is 10.7. The Labute approximate surface area is 77.6 Å². The second kappa shape index (κ2) is 5.00. The van der Waals surface area contributed by atoms with Crippen LogP contribution >= 0.6 is 0 Å². The van der Waals surface area contributed by atoms with E-state index in [0.717, 1.165) is 0 Å². The number of rotatable bonds is 0. The van der Waals surface area contributed by atoms with Crippen LogP contribution in [0.4, 0.5) is 0 Å². The van der Waals surface area contributed by atoms with Crippen molar-refractivity contribution in [2.45, 2.75) is 0 Å². The summed E-state index contributed by atoms with van der Waals surface area (Å²) in [7, 11) is 1.32. The van der Waals surface area contributed by atoms with Crippen LogP contribution in [0.2, 0.25) is 0 Å². The molecule has 0 unspecified atom stereocenters.